The molecule has 0 radical (unpaired) electrons. The number of thiazole rings is 1. The van der Waals surface area contributed by atoms with Crippen molar-refractivity contribution in [2.24, 2.45) is 0 Å². The van der Waals surface area contributed by atoms with E-state index >= 15 is 0 Å². The molecule has 0 aliphatic heterocycles. The molecule has 0 bridgehead atoms. The number of rotatable bonds is 2. The number of halogens is 1. The van der Waals surface area contributed by atoms with E-state index in [2.05, 4.69) is 15.0 Å². The highest BCUT2D eigenvalue weighted by Crippen LogP contribution is 2.21. The quantitative estimate of drug-likeness (QED) is 0.850. The van der Waals surface area contributed by atoms with Gasteiger partial charge in [-0.1, -0.05) is 13.8 Å². The van der Waals surface area contributed by atoms with E-state index in [0.717, 1.165) is 10.7 Å². The molecule has 0 amide bonds. The summed E-state index contributed by atoms with van der Waals surface area (Å²) in [4.78, 5) is 23.1. The summed E-state index contributed by atoms with van der Waals surface area (Å²) in [5, 5.41) is 2.61. The Morgan fingerprint density at radius 3 is 2.81 bits per heavy atom. The van der Waals surface area contributed by atoms with Crippen LogP contribution in [0.5, 0.6) is 0 Å². The minimum Gasteiger partial charge on any atom is -0.304 e. The molecule has 2 heterocycles. The van der Waals surface area contributed by atoms with Crippen LogP contribution in [0.4, 0.5) is 0 Å². The maximum absolute atomic E-state index is 11.7. The van der Waals surface area contributed by atoms with Crippen LogP contribution in [0.25, 0.3) is 10.8 Å². The number of aromatic nitrogens is 3. The fourth-order valence-corrected chi connectivity index (χ4v) is 2.76. The van der Waals surface area contributed by atoms with Gasteiger partial charge in [-0.15, -0.1) is 11.3 Å². The Labute approximate surface area is 110 Å². The zero-order valence-corrected chi connectivity index (χ0v) is 11.8. The predicted molar refractivity (Wildman–Crippen MR) is 72.8 cm³/mol. The molecule has 6 heteroatoms. The Balaban J connectivity index is 2.62. The number of hydrogen-bond acceptors (Lipinski definition) is 4. The molecule has 2 rings (SSSR count). The Hall–Kier alpha value is -0.760. The highest BCUT2D eigenvalue weighted by atomic mass is 127. The van der Waals surface area contributed by atoms with E-state index in [1.54, 1.807) is 6.20 Å². The third kappa shape index (κ3) is 2.17. The van der Waals surface area contributed by atoms with Crippen molar-refractivity contribution in [2.45, 2.75) is 19.8 Å². The van der Waals surface area contributed by atoms with E-state index in [9.17, 15) is 4.79 Å². The predicted octanol–water partition coefficient (Wildman–Crippen LogP) is 2.62. The summed E-state index contributed by atoms with van der Waals surface area (Å²) in [6.45, 7) is 4.05. The van der Waals surface area contributed by atoms with Crippen LogP contribution in [-0.2, 0) is 0 Å². The van der Waals surface area contributed by atoms with Crippen molar-refractivity contribution in [3.8, 4) is 10.8 Å². The second-order valence-corrected chi connectivity index (χ2v) is 5.58. The van der Waals surface area contributed by atoms with Crippen molar-refractivity contribution >= 4 is 33.9 Å². The normalized spacial score (nSPS) is 11.0. The summed E-state index contributed by atoms with van der Waals surface area (Å²) >= 11 is 3.50. The lowest BCUT2D eigenvalue weighted by Crippen LogP contribution is -2.17. The van der Waals surface area contributed by atoms with Gasteiger partial charge in [0.15, 0.2) is 10.8 Å². The van der Waals surface area contributed by atoms with Gasteiger partial charge in [0.05, 0.1) is 9.26 Å². The average Bonchev–Trinajstić information content (AvgIpc) is 2.74. The summed E-state index contributed by atoms with van der Waals surface area (Å²) in [6, 6.07) is 0. The maximum Gasteiger partial charge on any atom is 0.264 e. The largest absolute Gasteiger partial charge is 0.304 e. The van der Waals surface area contributed by atoms with Crippen molar-refractivity contribution in [1.82, 2.24) is 15.0 Å². The Morgan fingerprint density at radius 1 is 1.50 bits per heavy atom. The number of hydrogen-bond donors (Lipinski definition) is 1. The van der Waals surface area contributed by atoms with Crippen molar-refractivity contribution in [3.63, 3.8) is 0 Å². The summed E-state index contributed by atoms with van der Waals surface area (Å²) in [5.74, 6) is 0.789. The topological polar surface area (TPSA) is 58.6 Å². The summed E-state index contributed by atoms with van der Waals surface area (Å²) in [7, 11) is 0. The number of aromatic amines is 1. The van der Waals surface area contributed by atoms with Gasteiger partial charge in [0, 0.05) is 11.6 Å². The molecule has 0 saturated carbocycles. The van der Waals surface area contributed by atoms with Gasteiger partial charge in [-0.2, -0.15) is 0 Å². The molecule has 16 heavy (non-hydrogen) atoms. The van der Waals surface area contributed by atoms with E-state index in [1.165, 1.54) is 11.3 Å². The Morgan fingerprint density at radius 2 is 2.25 bits per heavy atom. The molecule has 84 valence electrons. The van der Waals surface area contributed by atoms with E-state index in [-0.39, 0.29) is 11.5 Å². The molecular weight excluding hydrogens is 337 g/mol. The number of nitrogens with zero attached hydrogens (tertiary/aromatic N) is 2. The van der Waals surface area contributed by atoms with Crippen LogP contribution < -0.4 is 5.56 Å². The molecule has 2 aromatic rings. The first-order chi connectivity index (χ1) is 7.59. The van der Waals surface area contributed by atoms with Crippen LogP contribution in [0.2, 0.25) is 0 Å². The lowest BCUT2D eigenvalue weighted by molar-refractivity contribution is 0.802. The second kappa shape index (κ2) is 4.62. The highest BCUT2D eigenvalue weighted by Gasteiger charge is 2.13. The van der Waals surface area contributed by atoms with Gasteiger partial charge in [0.2, 0.25) is 0 Å². The van der Waals surface area contributed by atoms with Gasteiger partial charge in [0.25, 0.3) is 5.56 Å². The molecule has 1 N–H and O–H groups in total. The fraction of sp³-hybridized carbons (Fsp3) is 0.300. The molecule has 0 unspecified atom stereocenters. The van der Waals surface area contributed by atoms with Crippen molar-refractivity contribution in [2.75, 3.05) is 0 Å². The molecule has 2 aromatic heterocycles. The maximum atomic E-state index is 11.7. The van der Waals surface area contributed by atoms with Gasteiger partial charge < -0.3 is 4.98 Å². The molecule has 0 saturated heterocycles. The standard InChI is InChI=1S/C10H10IN3OS/c1-5(2)7-6(11)9(15)14-8(13-7)10-12-3-4-16-10/h3-5H,1-2H3,(H,13,14,15). The molecule has 4 nitrogen and oxygen atoms in total. The van der Waals surface area contributed by atoms with Gasteiger partial charge in [-0.25, -0.2) is 9.97 Å². The molecule has 0 fully saturated rings. The summed E-state index contributed by atoms with van der Waals surface area (Å²) in [5.41, 5.74) is 0.735. The lowest BCUT2D eigenvalue weighted by Gasteiger charge is -2.07. The molecule has 0 aliphatic rings. The van der Waals surface area contributed by atoms with Crippen molar-refractivity contribution < 1.29 is 0 Å². The zero-order valence-electron chi connectivity index (χ0n) is 8.82. The monoisotopic (exact) mass is 347 g/mol. The zero-order chi connectivity index (χ0) is 11.7. The fourth-order valence-electron chi connectivity index (χ4n) is 1.30. The molecule has 0 spiro atoms. The van der Waals surface area contributed by atoms with Crippen LogP contribution in [-0.4, -0.2) is 15.0 Å². The second-order valence-electron chi connectivity index (χ2n) is 3.61. The Kier molecular flexibility index (Phi) is 3.38. The third-order valence-corrected chi connectivity index (χ3v) is 3.89. The lowest BCUT2D eigenvalue weighted by atomic mass is 10.1. The van der Waals surface area contributed by atoms with Gasteiger partial charge in [-0.3, -0.25) is 4.79 Å². The average molecular weight is 347 g/mol. The first kappa shape index (κ1) is 11.7. The van der Waals surface area contributed by atoms with Crippen LogP contribution in [0.3, 0.4) is 0 Å². The summed E-state index contributed by atoms with van der Waals surface area (Å²) < 4.78 is 0.660. The van der Waals surface area contributed by atoms with E-state index < -0.39 is 0 Å². The molecular formula is C10H10IN3OS. The van der Waals surface area contributed by atoms with Crippen molar-refractivity contribution in [1.29, 1.82) is 0 Å². The van der Waals surface area contributed by atoms with Gasteiger partial charge in [-0.05, 0) is 28.5 Å². The Bertz CT molecular complexity index is 548. The molecule has 0 atom stereocenters. The number of H-pyrrole nitrogens is 1. The molecule has 0 aliphatic carbocycles. The van der Waals surface area contributed by atoms with E-state index in [0.29, 0.717) is 9.39 Å². The van der Waals surface area contributed by atoms with Crippen LogP contribution >= 0.6 is 33.9 Å². The van der Waals surface area contributed by atoms with Gasteiger partial charge >= 0.3 is 0 Å². The third-order valence-electron chi connectivity index (χ3n) is 2.07. The van der Waals surface area contributed by atoms with E-state index in [1.807, 2.05) is 41.8 Å². The number of nitrogens with one attached hydrogen (secondary N) is 1. The molecule has 0 aromatic carbocycles. The highest BCUT2D eigenvalue weighted by molar-refractivity contribution is 14.1. The van der Waals surface area contributed by atoms with Crippen molar-refractivity contribution in [3.05, 3.63) is 31.2 Å². The van der Waals surface area contributed by atoms with Crippen LogP contribution in [0, 0.1) is 3.57 Å². The SMILES string of the molecule is CC(C)c1nc(-c2nccs2)[nH]c(=O)c1I. The van der Waals surface area contributed by atoms with Crippen LogP contribution in [0.15, 0.2) is 16.4 Å². The van der Waals surface area contributed by atoms with Gasteiger partial charge in [0.1, 0.15) is 0 Å². The van der Waals surface area contributed by atoms with E-state index in [4.69, 9.17) is 0 Å². The van der Waals surface area contributed by atoms with Crippen LogP contribution in [0.1, 0.15) is 25.5 Å². The first-order valence-corrected chi connectivity index (χ1v) is 6.75. The first-order valence-electron chi connectivity index (χ1n) is 4.79. The minimum absolute atomic E-state index is 0.0931. The summed E-state index contributed by atoms with van der Waals surface area (Å²) in [6.07, 6.45) is 1.70. The minimum atomic E-state index is -0.0931. The smallest absolute Gasteiger partial charge is 0.264 e.